The van der Waals surface area contributed by atoms with Crippen molar-refractivity contribution in [3.05, 3.63) is 59.8 Å². The summed E-state index contributed by atoms with van der Waals surface area (Å²) in [5.41, 5.74) is 6.96. The monoisotopic (exact) mass is 491 g/mol. The van der Waals surface area contributed by atoms with Crippen molar-refractivity contribution in [3.8, 4) is 11.8 Å². The molecule has 184 valence electrons. The first-order valence-electron chi connectivity index (χ1n) is 11.2. The van der Waals surface area contributed by atoms with Gasteiger partial charge in [-0.2, -0.15) is 0 Å². The highest BCUT2D eigenvalue weighted by Gasteiger charge is 2.36. The number of halogens is 2. The van der Waals surface area contributed by atoms with E-state index in [2.05, 4.69) is 38.4 Å². The predicted octanol–water partition coefficient (Wildman–Crippen LogP) is 2.85. The van der Waals surface area contributed by atoms with Gasteiger partial charge >= 0.3 is 0 Å². The van der Waals surface area contributed by atoms with E-state index < -0.39 is 17.2 Å². The van der Waals surface area contributed by atoms with Gasteiger partial charge in [-0.15, -0.1) is 0 Å². The van der Waals surface area contributed by atoms with Gasteiger partial charge < -0.3 is 24.9 Å². The topological polar surface area (TPSA) is 115 Å². The minimum absolute atomic E-state index is 0.0191. The number of amides is 1. The summed E-state index contributed by atoms with van der Waals surface area (Å²) in [7, 11) is 1.58. The molecule has 2 atom stereocenters. The molecule has 9 nitrogen and oxygen atoms in total. The van der Waals surface area contributed by atoms with Gasteiger partial charge in [0.1, 0.15) is 35.0 Å². The summed E-state index contributed by atoms with van der Waals surface area (Å²) in [5.74, 6) is 4.28. The number of nitrogens with zero attached hydrogens (tertiary/aromatic N) is 5. The highest BCUT2D eigenvalue weighted by atomic mass is 19.1. The fourth-order valence-corrected chi connectivity index (χ4v) is 4.76. The normalized spacial score (nSPS) is 17.5. The summed E-state index contributed by atoms with van der Waals surface area (Å²) in [4.78, 5) is 29.5. The molecule has 0 radical (unpaired) electrons. The summed E-state index contributed by atoms with van der Waals surface area (Å²) in [5, 5.41) is 0.472. The van der Waals surface area contributed by atoms with Crippen LogP contribution in [0.3, 0.4) is 0 Å². The van der Waals surface area contributed by atoms with E-state index >= 15 is 4.39 Å². The number of carbonyl (C=O) groups is 1. The summed E-state index contributed by atoms with van der Waals surface area (Å²) < 4.78 is 36.9. The number of methoxy groups -OCH3 is 1. The molecule has 0 spiro atoms. The van der Waals surface area contributed by atoms with E-state index in [1.54, 1.807) is 25.1 Å². The van der Waals surface area contributed by atoms with E-state index in [0.29, 0.717) is 42.0 Å². The third kappa shape index (κ3) is 3.85. The molecular weight excluding hydrogens is 468 g/mol. The molecule has 1 aliphatic heterocycles. The van der Waals surface area contributed by atoms with Crippen LogP contribution in [-0.4, -0.2) is 61.6 Å². The molecule has 0 bridgehead atoms. The van der Waals surface area contributed by atoms with Gasteiger partial charge in [0.25, 0.3) is 0 Å². The Labute approximate surface area is 205 Å². The number of aromatic amines is 1. The number of aromatic nitrogens is 5. The second kappa shape index (κ2) is 9.05. The van der Waals surface area contributed by atoms with E-state index in [-0.39, 0.29) is 34.8 Å². The van der Waals surface area contributed by atoms with Crippen molar-refractivity contribution in [1.82, 2.24) is 29.4 Å². The smallest absolute Gasteiger partial charge is 0.246 e. The van der Waals surface area contributed by atoms with Crippen LogP contribution in [-0.2, 0) is 9.53 Å². The SMILES string of the molecule is C=CC(=O)N1C[C@@H](n2cc(C#Cc3c(F)cc4[nH]c(C)nc4c3F)c3c(N)ncnc32)C[C@@H]1COC. The van der Waals surface area contributed by atoms with Gasteiger partial charge in [0.05, 0.1) is 40.7 Å². The molecule has 4 aromatic rings. The van der Waals surface area contributed by atoms with Gasteiger partial charge in [0.2, 0.25) is 5.91 Å². The molecule has 0 aliphatic carbocycles. The summed E-state index contributed by atoms with van der Waals surface area (Å²) in [6.07, 6.45) is 4.95. The number of aryl methyl sites for hydroxylation is 1. The van der Waals surface area contributed by atoms with Crippen LogP contribution in [0.2, 0.25) is 0 Å². The number of benzene rings is 1. The van der Waals surface area contributed by atoms with Crippen molar-refractivity contribution in [1.29, 1.82) is 0 Å². The number of ether oxygens (including phenoxy) is 1. The molecule has 11 heteroatoms. The zero-order valence-electron chi connectivity index (χ0n) is 19.7. The molecule has 5 rings (SSSR count). The van der Waals surface area contributed by atoms with Crippen molar-refractivity contribution < 1.29 is 18.3 Å². The maximum atomic E-state index is 15.0. The molecule has 1 fully saturated rings. The molecule has 1 aromatic carbocycles. The second-order valence-corrected chi connectivity index (χ2v) is 8.62. The highest BCUT2D eigenvalue weighted by molar-refractivity contribution is 5.93. The fourth-order valence-electron chi connectivity index (χ4n) is 4.76. The number of nitrogens with two attached hydrogens (primary N) is 1. The van der Waals surface area contributed by atoms with Crippen LogP contribution in [0.15, 0.2) is 31.2 Å². The molecule has 36 heavy (non-hydrogen) atoms. The third-order valence-electron chi connectivity index (χ3n) is 6.35. The van der Waals surface area contributed by atoms with Crippen molar-refractivity contribution in [2.24, 2.45) is 0 Å². The van der Waals surface area contributed by atoms with Crippen LogP contribution in [0, 0.1) is 30.4 Å². The van der Waals surface area contributed by atoms with E-state index in [1.807, 2.05) is 4.57 Å². The first-order chi connectivity index (χ1) is 17.3. The zero-order valence-corrected chi connectivity index (χ0v) is 19.7. The Balaban J connectivity index is 1.59. The lowest BCUT2D eigenvalue weighted by Gasteiger charge is -2.22. The van der Waals surface area contributed by atoms with Crippen LogP contribution in [0.1, 0.15) is 29.4 Å². The van der Waals surface area contributed by atoms with Crippen LogP contribution in [0.5, 0.6) is 0 Å². The third-order valence-corrected chi connectivity index (χ3v) is 6.35. The van der Waals surface area contributed by atoms with Crippen molar-refractivity contribution in [3.63, 3.8) is 0 Å². The number of H-pyrrole nitrogens is 1. The molecule has 1 amide bonds. The molecule has 0 unspecified atom stereocenters. The van der Waals surface area contributed by atoms with Crippen molar-refractivity contribution in [2.45, 2.75) is 25.4 Å². The molecule has 1 aliphatic rings. The Hall–Kier alpha value is -4.30. The van der Waals surface area contributed by atoms with Gasteiger partial charge in [0.15, 0.2) is 5.82 Å². The largest absolute Gasteiger partial charge is 0.383 e. The number of imidazole rings is 1. The van der Waals surface area contributed by atoms with Crippen LogP contribution < -0.4 is 5.73 Å². The van der Waals surface area contributed by atoms with Crippen LogP contribution in [0.4, 0.5) is 14.6 Å². The van der Waals surface area contributed by atoms with E-state index in [9.17, 15) is 9.18 Å². The summed E-state index contributed by atoms with van der Waals surface area (Å²) in [6, 6.07) is 0.866. The van der Waals surface area contributed by atoms with Crippen LogP contribution in [0.25, 0.3) is 22.1 Å². The second-order valence-electron chi connectivity index (χ2n) is 8.62. The predicted molar refractivity (Wildman–Crippen MR) is 130 cm³/mol. The highest BCUT2D eigenvalue weighted by Crippen LogP contribution is 2.33. The Bertz CT molecular complexity index is 1580. The average Bonchev–Trinajstić information content (AvgIpc) is 3.54. The molecule has 1 saturated heterocycles. The van der Waals surface area contributed by atoms with Gasteiger partial charge in [-0.25, -0.2) is 23.7 Å². The Morgan fingerprint density at radius 1 is 1.39 bits per heavy atom. The number of rotatable bonds is 4. The molecule has 4 heterocycles. The van der Waals surface area contributed by atoms with E-state index in [1.165, 1.54) is 18.5 Å². The van der Waals surface area contributed by atoms with Gasteiger partial charge in [-0.05, 0) is 19.4 Å². The number of fused-ring (bicyclic) bond motifs is 2. The molecule has 3 aromatic heterocycles. The maximum absolute atomic E-state index is 15.0. The Kier molecular flexibility index (Phi) is 5.89. The number of hydrogen-bond acceptors (Lipinski definition) is 6. The number of anilines is 1. The number of nitrogen functional groups attached to an aromatic ring is 1. The quantitative estimate of drug-likeness (QED) is 0.335. The van der Waals surface area contributed by atoms with Crippen molar-refractivity contribution >= 4 is 33.8 Å². The number of nitrogens with one attached hydrogen (secondary N) is 1. The molecule has 0 saturated carbocycles. The maximum Gasteiger partial charge on any atom is 0.246 e. The van der Waals surface area contributed by atoms with Crippen LogP contribution >= 0.6 is 0 Å². The fraction of sp³-hybridized carbons (Fsp3) is 0.280. The zero-order chi connectivity index (χ0) is 25.6. The van der Waals surface area contributed by atoms with Gasteiger partial charge in [-0.1, -0.05) is 18.4 Å². The molecular formula is C25H23F2N7O2. The first-order valence-corrected chi connectivity index (χ1v) is 11.2. The van der Waals surface area contributed by atoms with E-state index in [0.717, 1.165) is 0 Å². The van der Waals surface area contributed by atoms with Crippen molar-refractivity contribution in [2.75, 3.05) is 26.0 Å². The summed E-state index contributed by atoms with van der Waals surface area (Å²) in [6.45, 7) is 6.01. The Morgan fingerprint density at radius 3 is 2.94 bits per heavy atom. The standard InChI is InChI=1S/C25H23F2N7O2/c1-4-20(35)33-10-15(7-16(33)11-36-3)34-9-14(21-24(28)29-12-30-25(21)34)5-6-17-18(26)8-19-23(22(17)27)32-13(2)31-19/h4,8-9,12,15-16H,1,7,10-11H2,2-3H3,(H,31,32)(H2,28,29,30)/t15-,16+/m0/s1. The lowest BCUT2D eigenvalue weighted by molar-refractivity contribution is -0.127. The molecule has 3 N–H and O–H groups in total. The first kappa shape index (κ1) is 23.4. The van der Waals surface area contributed by atoms with Gasteiger partial charge in [0, 0.05) is 25.9 Å². The van der Waals surface area contributed by atoms with Gasteiger partial charge in [-0.3, -0.25) is 4.79 Å². The minimum atomic E-state index is -0.841. The lowest BCUT2D eigenvalue weighted by atomic mass is 10.1. The minimum Gasteiger partial charge on any atom is -0.383 e. The number of hydrogen-bond donors (Lipinski definition) is 2. The number of carbonyl (C=O) groups excluding carboxylic acids is 1. The Morgan fingerprint density at radius 2 is 2.19 bits per heavy atom. The summed E-state index contributed by atoms with van der Waals surface area (Å²) >= 11 is 0. The average molecular weight is 492 g/mol. The van der Waals surface area contributed by atoms with E-state index in [4.69, 9.17) is 10.5 Å². The lowest BCUT2D eigenvalue weighted by Crippen LogP contribution is -2.37. The number of likely N-dealkylation sites (tertiary alicyclic amines) is 1.